The molecule has 1 saturated heterocycles. The molecule has 0 aliphatic carbocycles. The fourth-order valence-electron chi connectivity index (χ4n) is 4.04. The number of amides is 3. The number of hydrogen-bond donors (Lipinski definition) is 0. The molecule has 2 heterocycles. The van der Waals surface area contributed by atoms with Gasteiger partial charge in [0, 0.05) is 25.1 Å². The molecule has 2 aliphatic heterocycles. The highest BCUT2D eigenvalue weighted by Gasteiger charge is 2.46. The lowest BCUT2D eigenvalue weighted by Gasteiger charge is -2.24. The minimum Gasteiger partial charge on any atom is -0.444 e. The van der Waals surface area contributed by atoms with Crippen molar-refractivity contribution in [3.63, 3.8) is 0 Å². The Hall–Kier alpha value is -3.82. The van der Waals surface area contributed by atoms with Crippen LogP contribution in [0, 0.1) is 17.6 Å². The molecule has 0 N–H and O–H groups in total. The van der Waals surface area contributed by atoms with E-state index in [0.29, 0.717) is 11.1 Å². The van der Waals surface area contributed by atoms with Gasteiger partial charge in [0.15, 0.2) is 0 Å². The zero-order valence-electron chi connectivity index (χ0n) is 18.7. The predicted octanol–water partition coefficient (Wildman–Crippen LogP) is 3.67. The summed E-state index contributed by atoms with van der Waals surface area (Å²) in [5.74, 6) is -6.37. The third kappa shape index (κ3) is 4.35. The molecule has 0 aromatic heterocycles. The lowest BCUT2D eigenvalue weighted by atomic mass is 9.88. The molecule has 10 heteroatoms. The van der Waals surface area contributed by atoms with Crippen LogP contribution in [0.2, 0.25) is 0 Å². The molecule has 1 fully saturated rings. The number of halogens is 2. The van der Waals surface area contributed by atoms with E-state index in [4.69, 9.17) is 9.57 Å². The highest BCUT2D eigenvalue weighted by molar-refractivity contribution is 6.20. The Labute approximate surface area is 194 Å². The molecular formula is C24H22F2N2O6. The Morgan fingerprint density at radius 1 is 0.971 bits per heavy atom. The van der Waals surface area contributed by atoms with Crippen molar-refractivity contribution >= 4 is 23.9 Å². The first-order chi connectivity index (χ1) is 16.0. The highest BCUT2D eigenvalue weighted by Crippen LogP contribution is 2.36. The lowest BCUT2D eigenvalue weighted by Crippen LogP contribution is -2.38. The van der Waals surface area contributed by atoms with Crippen LogP contribution < -0.4 is 0 Å². The number of carbonyl (C=O) groups is 4. The van der Waals surface area contributed by atoms with E-state index in [1.807, 2.05) is 0 Å². The minimum absolute atomic E-state index is 0.00299. The zero-order chi connectivity index (χ0) is 24.8. The number of carbonyl (C=O) groups excluding carboxylic acids is 4. The molecule has 34 heavy (non-hydrogen) atoms. The van der Waals surface area contributed by atoms with Crippen LogP contribution in [-0.2, 0) is 14.4 Å². The van der Waals surface area contributed by atoms with Gasteiger partial charge < -0.3 is 14.5 Å². The minimum atomic E-state index is -1.14. The van der Waals surface area contributed by atoms with Gasteiger partial charge in [0.2, 0.25) is 0 Å². The van der Waals surface area contributed by atoms with Crippen LogP contribution in [-0.4, -0.2) is 52.5 Å². The number of nitrogens with zero attached hydrogens (tertiary/aromatic N) is 2. The van der Waals surface area contributed by atoms with Crippen molar-refractivity contribution in [2.45, 2.75) is 32.3 Å². The van der Waals surface area contributed by atoms with E-state index in [2.05, 4.69) is 0 Å². The lowest BCUT2D eigenvalue weighted by molar-refractivity contribution is -0.173. The van der Waals surface area contributed by atoms with Crippen molar-refractivity contribution in [1.82, 2.24) is 9.96 Å². The van der Waals surface area contributed by atoms with E-state index in [1.54, 1.807) is 32.9 Å². The Kier molecular flexibility index (Phi) is 5.84. The van der Waals surface area contributed by atoms with Gasteiger partial charge in [-0.1, -0.05) is 23.3 Å². The number of likely N-dealkylation sites (tertiary alicyclic amines) is 1. The normalized spacial score (nSPS) is 19.9. The summed E-state index contributed by atoms with van der Waals surface area (Å²) in [6, 6.07) is 8.91. The SMILES string of the molecule is CC(C)(C)OC(=O)N1C[C@H](C(=O)ON2C(=O)c3ccccc3C2=O)[C@@H](c2ccc(F)cc2F)C1. The second kappa shape index (κ2) is 8.51. The Bertz CT molecular complexity index is 1160. The maximum absolute atomic E-state index is 14.6. The summed E-state index contributed by atoms with van der Waals surface area (Å²) in [5.41, 5.74) is -0.643. The third-order valence-electron chi connectivity index (χ3n) is 5.57. The molecular weight excluding hydrogens is 450 g/mol. The monoisotopic (exact) mass is 472 g/mol. The first-order valence-electron chi connectivity index (χ1n) is 10.6. The van der Waals surface area contributed by atoms with Crippen molar-refractivity contribution in [3.05, 3.63) is 70.8 Å². The van der Waals surface area contributed by atoms with Crippen molar-refractivity contribution in [2.75, 3.05) is 13.1 Å². The molecule has 0 saturated carbocycles. The Balaban J connectivity index is 1.60. The first kappa shape index (κ1) is 23.3. The summed E-state index contributed by atoms with van der Waals surface area (Å²) < 4.78 is 33.4. The zero-order valence-corrected chi connectivity index (χ0v) is 18.7. The van der Waals surface area contributed by atoms with E-state index >= 15 is 0 Å². The number of hydroxylamine groups is 2. The molecule has 3 amide bonds. The maximum Gasteiger partial charge on any atom is 0.410 e. The molecule has 4 rings (SSSR count). The summed E-state index contributed by atoms with van der Waals surface area (Å²) >= 11 is 0. The smallest absolute Gasteiger partial charge is 0.410 e. The summed E-state index contributed by atoms with van der Waals surface area (Å²) in [6.07, 6.45) is -0.726. The number of fused-ring (bicyclic) bond motifs is 1. The van der Waals surface area contributed by atoms with Gasteiger partial charge in [0.25, 0.3) is 11.8 Å². The number of rotatable bonds is 3. The average Bonchev–Trinajstić information content (AvgIpc) is 3.29. The summed E-state index contributed by atoms with van der Waals surface area (Å²) in [5, 5.41) is 0.362. The molecule has 0 unspecified atom stereocenters. The quantitative estimate of drug-likeness (QED) is 0.633. The van der Waals surface area contributed by atoms with Gasteiger partial charge in [0.1, 0.15) is 17.2 Å². The number of ether oxygens (including phenoxy) is 1. The second-order valence-corrected chi connectivity index (χ2v) is 9.12. The largest absolute Gasteiger partial charge is 0.444 e. The van der Waals surface area contributed by atoms with Crippen LogP contribution in [0.4, 0.5) is 13.6 Å². The van der Waals surface area contributed by atoms with Crippen LogP contribution in [0.1, 0.15) is 53.0 Å². The fraction of sp³-hybridized carbons (Fsp3) is 0.333. The van der Waals surface area contributed by atoms with E-state index in [9.17, 15) is 28.0 Å². The van der Waals surface area contributed by atoms with Gasteiger partial charge in [-0.2, -0.15) is 0 Å². The highest BCUT2D eigenvalue weighted by atomic mass is 19.1. The summed E-state index contributed by atoms with van der Waals surface area (Å²) in [7, 11) is 0. The van der Waals surface area contributed by atoms with Crippen LogP contribution in [0.25, 0.3) is 0 Å². The van der Waals surface area contributed by atoms with E-state index in [0.717, 1.165) is 6.07 Å². The van der Waals surface area contributed by atoms with Crippen LogP contribution in [0.5, 0.6) is 0 Å². The Morgan fingerprint density at radius 2 is 1.59 bits per heavy atom. The van der Waals surface area contributed by atoms with Crippen molar-refractivity contribution in [2.24, 2.45) is 5.92 Å². The number of imide groups is 1. The standard InChI is InChI=1S/C24H22F2N2O6/c1-24(2,3)33-23(32)27-11-17(14-9-8-13(25)10-19(14)26)18(12-27)22(31)34-28-20(29)15-6-4-5-7-16(15)21(28)30/h4-10,17-18H,11-12H2,1-3H3/t17-,18+/m1/s1. The molecule has 2 aromatic rings. The summed E-state index contributed by atoms with van der Waals surface area (Å²) in [6.45, 7) is 4.70. The van der Waals surface area contributed by atoms with Crippen LogP contribution >= 0.6 is 0 Å². The molecule has 178 valence electrons. The third-order valence-corrected chi connectivity index (χ3v) is 5.57. The number of hydrogen-bond acceptors (Lipinski definition) is 6. The van der Waals surface area contributed by atoms with Gasteiger partial charge in [-0.05, 0) is 44.5 Å². The van der Waals surface area contributed by atoms with Crippen molar-refractivity contribution in [1.29, 1.82) is 0 Å². The molecule has 8 nitrogen and oxygen atoms in total. The maximum atomic E-state index is 14.6. The van der Waals surface area contributed by atoms with Crippen LogP contribution in [0.3, 0.4) is 0 Å². The molecule has 2 aromatic carbocycles. The van der Waals surface area contributed by atoms with Crippen molar-refractivity contribution in [3.8, 4) is 0 Å². The average molecular weight is 472 g/mol. The fourth-order valence-corrected chi connectivity index (χ4v) is 4.04. The summed E-state index contributed by atoms with van der Waals surface area (Å²) in [4.78, 5) is 57.3. The van der Waals surface area contributed by atoms with E-state index in [-0.39, 0.29) is 29.8 Å². The molecule has 0 bridgehead atoms. The van der Waals surface area contributed by atoms with Gasteiger partial charge in [0.05, 0.1) is 17.0 Å². The predicted molar refractivity (Wildman–Crippen MR) is 113 cm³/mol. The van der Waals surface area contributed by atoms with Gasteiger partial charge in [-0.3, -0.25) is 9.59 Å². The van der Waals surface area contributed by atoms with Crippen molar-refractivity contribution < 1.29 is 37.5 Å². The first-order valence-corrected chi connectivity index (χ1v) is 10.6. The van der Waals surface area contributed by atoms with Gasteiger partial charge in [-0.15, -0.1) is 0 Å². The molecule has 0 spiro atoms. The van der Waals surface area contributed by atoms with Crippen LogP contribution in [0.15, 0.2) is 42.5 Å². The molecule has 0 radical (unpaired) electrons. The molecule has 2 aliphatic rings. The topological polar surface area (TPSA) is 93.2 Å². The Morgan fingerprint density at radius 3 is 2.15 bits per heavy atom. The second-order valence-electron chi connectivity index (χ2n) is 9.12. The van der Waals surface area contributed by atoms with E-state index < -0.39 is 52.9 Å². The van der Waals surface area contributed by atoms with Gasteiger partial charge in [-0.25, -0.2) is 18.4 Å². The molecule has 2 atom stereocenters. The van der Waals surface area contributed by atoms with E-state index in [1.165, 1.54) is 23.1 Å². The van der Waals surface area contributed by atoms with Gasteiger partial charge >= 0.3 is 12.1 Å². The number of benzene rings is 2.